The SMILES string of the molecule is COCCSc1c(F)cc(C(=O)O)cc1F. The highest BCUT2D eigenvalue weighted by atomic mass is 32.2. The molecule has 0 amide bonds. The second-order valence-corrected chi connectivity index (χ2v) is 4.02. The van der Waals surface area contributed by atoms with Gasteiger partial charge in [0.1, 0.15) is 11.6 Å². The number of hydrogen-bond donors (Lipinski definition) is 1. The molecular formula is C10H10F2O3S. The molecule has 1 rings (SSSR count). The smallest absolute Gasteiger partial charge is 0.335 e. The molecule has 0 aliphatic rings. The zero-order chi connectivity index (χ0) is 12.1. The number of rotatable bonds is 5. The van der Waals surface area contributed by atoms with Crippen molar-refractivity contribution in [3.8, 4) is 0 Å². The summed E-state index contributed by atoms with van der Waals surface area (Å²) in [6.07, 6.45) is 0. The first-order valence-corrected chi connectivity index (χ1v) is 5.39. The summed E-state index contributed by atoms with van der Waals surface area (Å²) in [4.78, 5) is 10.3. The van der Waals surface area contributed by atoms with Crippen molar-refractivity contribution in [3.05, 3.63) is 29.3 Å². The van der Waals surface area contributed by atoms with Crippen LogP contribution in [0.25, 0.3) is 0 Å². The van der Waals surface area contributed by atoms with Gasteiger partial charge in [-0.3, -0.25) is 0 Å². The number of halogens is 2. The number of carboxylic acids is 1. The Morgan fingerprint density at radius 2 is 2.00 bits per heavy atom. The molecule has 0 bridgehead atoms. The monoisotopic (exact) mass is 248 g/mol. The minimum absolute atomic E-state index is 0.179. The molecule has 0 heterocycles. The minimum Gasteiger partial charge on any atom is -0.478 e. The zero-order valence-corrected chi connectivity index (χ0v) is 9.31. The lowest BCUT2D eigenvalue weighted by Gasteiger charge is -2.05. The predicted octanol–water partition coefficient (Wildman–Crippen LogP) is 2.40. The van der Waals surface area contributed by atoms with Gasteiger partial charge >= 0.3 is 5.97 Å². The van der Waals surface area contributed by atoms with Crippen LogP contribution in [0.3, 0.4) is 0 Å². The summed E-state index contributed by atoms with van der Waals surface area (Å²) in [5, 5.41) is 8.58. The summed E-state index contributed by atoms with van der Waals surface area (Å²) in [7, 11) is 1.49. The quantitative estimate of drug-likeness (QED) is 0.642. The van der Waals surface area contributed by atoms with Crippen molar-refractivity contribution in [3.63, 3.8) is 0 Å². The second kappa shape index (κ2) is 5.81. The van der Waals surface area contributed by atoms with Crippen molar-refractivity contribution in [2.75, 3.05) is 19.5 Å². The molecule has 0 aliphatic heterocycles. The van der Waals surface area contributed by atoms with Crippen LogP contribution in [0.2, 0.25) is 0 Å². The predicted molar refractivity (Wildman–Crippen MR) is 55.9 cm³/mol. The van der Waals surface area contributed by atoms with E-state index in [1.54, 1.807) is 0 Å². The first-order chi connectivity index (χ1) is 7.56. The van der Waals surface area contributed by atoms with Crippen LogP contribution in [0.15, 0.2) is 17.0 Å². The summed E-state index contributed by atoms with van der Waals surface area (Å²) < 4.78 is 31.4. The van der Waals surface area contributed by atoms with E-state index >= 15 is 0 Å². The molecule has 1 aromatic rings. The first-order valence-electron chi connectivity index (χ1n) is 4.40. The third kappa shape index (κ3) is 3.18. The van der Waals surface area contributed by atoms with Crippen LogP contribution in [0, 0.1) is 11.6 Å². The number of ether oxygens (including phenoxy) is 1. The van der Waals surface area contributed by atoms with Crippen LogP contribution < -0.4 is 0 Å². The Morgan fingerprint density at radius 3 is 2.44 bits per heavy atom. The van der Waals surface area contributed by atoms with Crippen molar-refractivity contribution in [1.29, 1.82) is 0 Å². The molecular weight excluding hydrogens is 238 g/mol. The Bertz CT molecular complexity index is 373. The van der Waals surface area contributed by atoms with Gasteiger partial charge in [0.2, 0.25) is 0 Å². The standard InChI is InChI=1S/C10H10F2O3S/c1-15-2-3-16-9-7(11)4-6(10(13)14)5-8(9)12/h4-5H,2-3H2,1H3,(H,13,14). The second-order valence-electron chi connectivity index (χ2n) is 2.92. The van der Waals surface area contributed by atoms with Gasteiger partial charge in [0.05, 0.1) is 17.1 Å². The fraction of sp³-hybridized carbons (Fsp3) is 0.300. The lowest BCUT2D eigenvalue weighted by Crippen LogP contribution is -2.01. The molecule has 6 heteroatoms. The fourth-order valence-electron chi connectivity index (χ4n) is 1.05. The number of thioether (sulfide) groups is 1. The van der Waals surface area contributed by atoms with Crippen molar-refractivity contribution in [2.24, 2.45) is 0 Å². The summed E-state index contributed by atoms with van der Waals surface area (Å²) in [6, 6.07) is 1.61. The normalized spacial score (nSPS) is 10.4. The number of carbonyl (C=O) groups is 1. The highest BCUT2D eigenvalue weighted by Gasteiger charge is 2.14. The minimum atomic E-state index is -1.36. The molecule has 1 aromatic carbocycles. The van der Waals surface area contributed by atoms with E-state index in [0.29, 0.717) is 12.4 Å². The molecule has 0 saturated heterocycles. The van der Waals surface area contributed by atoms with Crippen molar-refractivity contribution in [2.45, 2.75) is 4.90 Å². The number of benzene rings is 1. The van der Waals surface area contributed by atoms with Gasteiger partial charge in [0, 0.05) is 12.9 Å². The Hall–Kier alpha value is -1.14. The van der Waals surface area contributed by atoms with Gasteiger partial charge in [-0.05, 0) is 12.1 Å². The van der Waals surface area contributed by atoms with Gasteiger partial charge in [-0.1, -0.05) is 0 Å². The molecule has 0 unspecified atom stereocenters. The van der Waals surface area contributed by atoms with Crippen LogP contribution in [0.4, 0.5) is 8.78 Å². The summed E-state index contributed by atoms with van der Waals surface area (Å²) >= 11 is 0.951. The maximum atomic E-state index is 13.3. The number of carboxylic acid groups (broad SMARTS) is 1. The molecule has 0 spiro atoms. The van der Waals surface area contributed by atoms with Crippen LogP contribution in [-0.4, -0.2) is 30.5 Å². The Labute approximate surface area is 95.4 Å². The molecule has 0 atom stereocenters. The number of hydrogen-bond acceptors (Lipinski definition) is 3. The van der Waals surface area contributed by atoms with Crippen LogP contribution in [0.1, 0.15) is 10.4 Å². The van der Waals surface area contributed by atoms with Crippen molar-refractivity contribution in [1.82, 2.24) is 0 Å². The topological polar surface area (TPSA) is 46.5 Å². The molecule has 88 valence electrons. The molecule has 0 aromatic heterocycles. The van der Waals surface area contributed by atoms with Crippen LogP contribution >= 0.6 is 11.8 Å². The average Bonchev–Trinajstić information content (AvgIpc) is 2.21. The first kappa shape index (κ1) is 12.9. The lowest BCUT2D eigenvalue weighted by molar-refractivity contribution is 0.0695. The van der Waals surface area contributed by atoms with Gasteiger partial charge in [-0.15, -0.1) is 11.8 Å². The Morgan fingerprint density at radius 1 is 1.44 bits per heavy atom. The molecule has 3 nitrogen and oxygen atoms in total. The van der Waals surface area contributed by atoms with E-state index in [1.807, 2.05) is 0 Å². The Kier molecular flexibility index (Phi) is 4.70. The van der Waals surface area contributed by atoms with Crippen molar-refractivity contribution >= 4 is 17.7 Å². The van der Waals surface area contributed by atoms with E-state index in [9.17, 15) is 13.6 Å². The third-order valence-electron chi connectivity index (χ3n) is 1.78. The molecule has 0 aliphatic carbocycles. The van der Waals surface area contributed by atoms with E-state index in [2.05, 4.69) is 0 Å². The van der Waals surface area contributed by atoms with Gasteiger partial charge < -0.3 is 9.84 Å². The summed E-state index contributed by atoms with van der Waals surface area (Å²) in [5.41, 5.74) is -0.397. The fourth-order valence-corrected chi connectivity index (χ4v) is 1.90. The third-order valence-corrected chi connectivity index (χ3v) is 2.83. The summed E-state index contributed by atoms with van der Waals surface area (Å²) in [6.45, 7) is 0.365. The molecule has 0 fully saturated rings. The number of methoxy groups -OCH3 is 1. The molecule has 0 saturated carbocycles. The van der Waals surface area contributed by atoms with Gasteiger partial charge in [0.15, 0.2) is 0 Å². The van der Waals surface area contributed by atoms with Crippen LogP contribution in [0.5, 0.6) is 0 Å². The van der Waals surface area contributed by atoms with Gasteiger partial charge in [0.25, 0.3) is 0 Å². The largest absolute Gasteiger partial charge is 0.478 e. The average molecular weight is 248 g/mol. The molecule has 16 heavy (non-hydrogen) atoms. The van der Waals surface area contributed by atoms with E-state index in [-0.39, 0.29) is 4.90 Å². The van der Waals surface area contributed by atoms with Crippen LogP contribution in [-0.2, 0) is 4.74 Å². The number of aromatic carboxylic acids is 1. The highest BCUT2D eigenvalue weighted by molar-refractivity contribution is 7.99. The summed E-state index contributed by atoms with van der Waals surface area (Å²) in [5.74, 6) is -2.68. The molecule has 0 radical (unpaired) electrons. The Balaban J connectivity index is 2.89. The molecule has 1 N–H and O–H groups in total. The van der Waals surface area contributed by atoms with Gasteiger partial charge in [-0.2, -0.15) is 0 Å². The van der Waals surface area contributed by atoms with E-state index in [1.165, 1.54) is 7.11 Å². The van der Waals surface area contributed by atoms with Crippen molar-refractivity contribution < 1.29 is 23.4 Å². The van der Waals surface area contributed by atoms with E-state index in [4.69, 9.17) is 9.84 Å². The van der Waals surface area contributed by atoms with E-state index in [0.717, 1.165) is 23.9 Å². The van der Waals surface area contributed by atoms with Gasteiger partial charge in [-0.25, -0.2) is 13.6 Å². The maximum Gasteiger partial charge on any atom is 0.335 e. The van der Waals surface area contributed by atoms with E-state index < -0.39 is 23.2 Å². The zero-order valence-electron chi connectivity index (χ0n) is 8.50. The lowest BCUT2D eigenvalue weighted by atomic mass is 10.2. The highest BCUT2D eigenvalue weighted by Crippen LogP contribution is 2.26. The maximum absolute atomic E-state index is 13.3.